The van der Waals surface area contributed by atoms with E-state index in [-0.39, 0.29) is 34.1 Å². The summed E-state index contributed by atoms with van der Waals surface area (Å²) in [6, 6.07) is 0. The molecule has 1 fully saturated rings. The van der Waals surface area contributed by atoms with Crippen molar-refractivity contribution in [2.45, 2.75) is 24.5 Å². The van der Waals surface area contributed by atoms with E-state index in [1.807, 2.05) is 0 Å². The SMILES string of the molecule is Nc1ncnc2c1ncn2[C@@H]1O[C@H](COP(=O)(O)OP(=O)(O)O)C(O)C1O.[Mn]. The maximum atomic E-state index is 11.5. The average molecular weight is 482 g/mol. The van der Waals surface area contributed by atoms with Gasteiger partial charge in [0.2, 0.25) is 0 Å². The molecule has 7 N–H and O–H groups in total. The molecule has 5 atom stereocenters. The number of nitrogens with two attached hydrogens (primary N) is 1. The van der Waals surface area contributed by atoms with Crippen LogP contribution < -0.4 is 5.73 Å². The van der Waals surface area contributed by atoms with Crippen LogP contribution in [0.3, 0.4) is 0 Å². The maximum Gasteiger partial charge on any atom is 0.481 e. The molecule has 15 nitrogen and oxygen atoms in total. The maximum absolute atomic E-state index is 11.5. The molecule has 2 aromatic rings. The summed E-state index contributed by atoms with van der Waals surface area (Å²) >= 11 is 0. The van der Waals surface area contributed by atoms with Crippen LogP contribution in [-0.4, -0.2) is 69.3 Å². The van der Waals surface area contributed by atoms with Gasteiger partial charge in [-0.05, 0) is 0 Å². The zero-order valence-corrected chi connectivity index (χ0v) is 16.6. The van der Waals surface area contributed by atoms with E-state index in [4.69, 9.17) is 20.3 Å². The molecule has 1 radical (unpaired) electrons. The molecule has 18 heteroatoms. The number of ether oxygens (including phenoxy) is 1. The van der Waals surface area contributed by atoms with Gasteiger partial charge in [0.25, 0.3) is 0 Å². The molecule has 0 aromatic carbocycles. The van der Waals surface area contributed by atoms with Crippen LogP contribution in [-0.2, 0) is 39.8 Å². The second-order valence-corrected chi connectivity index (χ2v) is 8.30. The molecule has 157 valence electrons. The van der Waals surface area contributed by atoms with Gasteiger partial charge in [-0.15, -0.1) is 0 Å². The summed E-state index contributed by atoms with van der Waals surface area (Å²) < 4.78 is 36.8. The van der Waals surface area contributed by atoms with Gasteiger partial charge in [0.15, 0.2) is 17.7 Å². The van der Waals surface area contributed by atoms with Crippen LogP contribution in [0.5, 0.6) is 0 Å². The molecular weight excluding hydrogens is 467 g/mol. The zero-order valence-electron chi connectivity index (χ0n) is 13.6. The number of phosphoric ester groups is 1. The first-order valence-corrected chi connectivity index (χ1v) is 10.2. The summed E-state index contributed by atoms with van der Waals surface area (Å²) in [4.78, 5) is 38.1. The third kappa shape index (κ3) is 4.94. The molecule has 0 amide bonds. The number of aliphatic hydroxyl groups is 2. The number of nitrogen functional groups attached to an aromatic ring is 1. The van der Waals surface area contributed by atoms with Crippen LogP contribution >= 0.6 is 15.6 Å². The van der Waals surface area contributed by atoms with Crippen molar-refractivity contribution in [3.63, 3.8) is 0 Å². The first-order valence-electron chi connectivity index (χ1n) is 7.17. The summed E-state index contributed by atoms with van der Waals surface area (Å²) in [5, 5.41) is 20.3. The van der Waals surface area contributed by atoms with Gasteiger partial charge in [-0.2, -0.15) is 4.31 Å². The number of aromatic nitrogens is 4. The number of hydrogen-bond acceptors (Lipinski definition) is 11. The summed E-state index contributed by atoms with van der Waals surface area (Å²) in [5.41, 5.74) is 6.11. The molecule has 0 saturated carbocycles. The minimum Gasteiger partial charge on any atom is -0.387 e. The van der Waals surface area contributed by atoms with Gasteiger partial charge in [-0.25, -0.2) is 24.1 Å². The van der Waals surface area contributed by atoms with Crippen LogP contribution in [0.1, 0.15) is 6.23 Å². The largest absolute Gasteiger partial charge is 0.481 e. The van der Waals surface area contributed by atoms with Crippen molar-refractivity contribution in [3.05, 3.63) is 12.7 Å². The van der Waals surface area contributed by atoms with E-state index in [0.717, 1.165) is 6.33 Å². The number of phosphoric acid groups is 2. The van der Waals surface area contributed by atoms with Gasteiger partial charge in [0.05, 0.1) is 12.9 Å². The molecule has 3 rings (SSSR count). The first kappa shape index (κ1) is 23.3. The van der Waals surface area contributed by atoms with Crippen LogP contribution in [0.15, 0.2) is 12.7 Å². The fourth-order valence-corrected chi connectivity index (χ4v) is 4.08. The van der Waals surface area contributed by atoms with Crippen LogP contribution in [0.2, 0.25) is 0 Å². The Morgan fingerprint density at radius 1 is 1.18 bits per heavy atom. The van der Waals surface area contributed by atoms with Gasteiger partial charge in [-0.3, -0.25) is 9.09 Å². The number of aliphatic hydroxyl groups excluding tert-OH is 2. The Bertz CT molecular complexity index is 938. The Morgan fingerprint density at radius 3 is 2.50 bits per heavy atom. The summed E-state index contributed by atoms with van der Waals surface area (Å²) in [6.07, 6.45) is -3.20. The second kappa shape index (κ2) is 8.40. The summed E-state index contributed by atoms with van der Waals surface area (Å²) in [5.74, 6) is 0.0856. The fraction of sp³-hybridized carbons (Fsp3) is 0.500. The smallest absolute Gasteiger partial charge is 0.387 e. The van der Waals surface area contributed by atoms with E-state index in [1.165, 1.54) is 10.9 Å². The van der Waals surface area contributed by atoms with E-state index < -0.39 is 46.8 Å². The number of rotatable bonds is 6. The standard InChI is InChI=1S/C10H15N5O10P2.Mn/c11-8-5-9(13-2-12-8)15(3-14-5)10-7(17)6(16)4(24-10)1-23-27(21,22)25-26(18,19)20;/h2-4,6-7,10,16-17H,1H2,(H,21,22)(H2,11,12,13)(H2,18,19,20);/t4-,6?,7?,10-;/m1./s1. The predicted octanol–water partition coefficient (Wildman–Crippen LogP) is -1.75. The topological polar surface area (TPSA) is 233 Å². The third-order valence-electron chi connectivity index (χ3n) is 3.61. The zero-order chi connectivity index (χ0) is 20.0. The molecule has 0 aliphatic carbocycles. The number of anilines is 1. The van der Waals surface area contributed by atoms with Gasteiger partial charge >= 0.3 is 15.6 Å². The molecule has 2 aromatic heterocycles. The van der Waals surface area contributed by atoms with E-state index in [1.54, 1.807) is 0 Å². The molecule has 0 bridgehead atoms. The quantitative estimate of drug-likeness (QED) is 0.198. The average Bonchev–Trinajstić information content (AvgIpc) is 3.07. The number of nitrogens with zero attached hydrogens (tertiary/aromatic N) is 4. The van der Waals surface area contributed by atoms with Crippen molar-refractivity contribution in [3.8, 4) is 0 Å². The minimum atomic E-state index is -5.29. The molecule has 28 heavy (non-hydrogen) atoms. The van der Waals surface area contributed by atoms with Gasteiger partial charge in [0, 0.05) is 17.1 Å². The normalized spacial score (nSPS) is 27.5. The van der Waals surface area contributed by atoms with E-state index in [2.05, 4.69) is 23.8 Å². The third-order valence-corrected chi connectivity index (χ3v) is 5.76. The number of imidazole rings is 1. The Balaban J connectivity index is 0.00000280. The van der Waals surface area contributed by atoms with E-state index in [9.17, 15) is 24.2 Å². The van der Waals surface area contributed by atoms with Crippen LogP contribution in [0, 0.1) is 0 Å². The van der Waals surface area contributed by atoms with Gasteiger partial charge in [0.1, 0.15) is 30.2 Å². The Kier molecular flexibility index (Phi) is 6.99. The van der Waals surface area contributed by atoms with Gasteiger partial charge < -0.3 is 35.4 Å². The Hall–Kier alpha value is -0.991. The van der Waals surface area contributed by atoms with Crippen LogP contribution in [0.25, 0.3) is 11.2 Å². The van der Waals surface area contributed by atoms with E-state index in [0.29, 0.717) is 0 Å². The minimum absolute atomic E-state index is 0. The van der Waals surface area contributed by atoms with Crippen LogP contribution in [0.4, 0.5) is 5.82 Å². The first-order chi connectivity index (χ1) is 12.5. The Morgan fingerprint density at radius 2 is 1.86 bits per heavy atom. The summed E-state index contributed by atoms with van der Waals surface area (Å²) in [6.45, 7) is -0.813. The summed E-state index contributed by atoms with van der Waals surface area (Å²) in [7, 11) is -10.4. The van der Waals surface area contributed by atoms with E-state index >= 15 is 0 Å². The van der Waals surface area contributed by atoms with Gasteiger partial charge in [-0.1, -0.05) is 0 Å². The molecule has 1 aliphatic rings. The fourth-order valence-electron chi connectivity index (χ4n) is 2.48. The van der Waals surface area contributed by atoms with Crippen molar-refractivity contribution in [1.29, 1.82) is 0 Å². The molecule has 0 spiro atoms. The van der Waals surface area contributed by atoms with Crippen molar-refractivity contribution >= 4 is 32.6 Å². The van der Waals surface area contributed by atoms with Crippen molar-refractivity contribution < 1.29 is 64.7 Å². The van der Waals surface area contributed by atoms with Crippen molar-refractivity contribution in [2.75, 3.05) is 12.3 Å². The van der Waals surface area contributed by atoms with Crippen molar-refractivity contribution in [2.24, 2.45) is 0 Å². The second-order valence-electron chi connectivity index (χ2n) is 5.47. The molecular formula is C10H15MnN5O10P2. The monoisotopic (exact) mass is 482 g/mol. The molecule has 3 heterocycles. The Labute approximate surface area is 166 Å². The van der Waals surface area contributed by atoms with Crippen molar-refractivity contribution in [1.82, 2.24) is 19.5 Å². The molecule has 1 aliphatic heterocycles. The predicted molar refractivity (Wildman–Crippen MR) is 84.6 cm³/mol. The molecule has 1 saturated heterocycles. The molecule has 3 unspecified atom stereocenters. The number of hydrogen-bond donors (Lipinski definition) is 6. The number of fused-ring (bicyclic) bond motifs is 1.